The van der Waals surface area contributed by atoms with Crippen molar-refractivity contribution in [2.45, 2.75) is 12.7 Å². The molecule has 1 aliphatic rings. The monoisotopic (exact) mass is 539 g/mol. The van der Waals surface area contributed by atoms with Crippen LogP contribution in [0.5, 0.6) is 0 Å². The molecule has 1 N–H and O–H groups in total. The van der Waals surface area contributed by atoms with Gasteiger partial charge in [0.15, 0.2) is 11.6 Å². The van der Waals surface area contributed by atoms with Gasteiger partial charge in [0.1, 0.15) is 12.9 Å². The maximum atomic E-state index is 14.2. The summed E-state index contributed by atoms with van der Waals surface area (Å²) in [5, 5.41) is 11.0. The summed E-state index contributed by atoms with van der Waals surface area (Å²) in [4.78, 5) is 21.9. The van der Waals surface area contributed by atoms with E-state index in [1.54, 1.807) is 23.1 Å². The third kappa shape index (κ3) is 6.65. The third-order valence-electron chi connectivity index (χ3n) is 5.67. The van der Waals surface area contributed by atoms with Crippen molar-refractivity contribution in [2.75, 3.05) is 36.5 Å². The number of ether oxygens (including phenoxy) is 1. The fourth-order valence-electron chi connectivity index (χ4n) is 3.80. The molecule has 200 valence electrons. The number of nitrogens with zero attached hydrogens (tertiary/aromatic N) is 8. The van der Waals surface area contributed by atoms with Gasteiger partial charge in [-0.2, -0.15) is 23.3 Å². The van der Waals surface area contributed by atoms with Crippen LogP contribution >= 0.6 is 0 Å². The van der Waals surface area contributed by atoms with Crippen LogP contribution in [0.15, 0.2) is 71.5 Å². The molecule has 39 heavy (non-hydrogen) atoms. The zero-order valence-corrected chi connectivity index (χ0v) is 20.3. The van der Waals surface area contributed by atoms with Crippen LogP contribution in [0, 0.1) is 5.82 Å². The van der Waals surface area contributed by atoms with Gasteiger partial charge in [0.25, 0.3) is 5.95 Å². The fourth-order valence-corrected chi connectivity index (χ4v) is 3.80. The number of anilines is 3. The number of halogens is 4. The molecule has 1 saturated heterocycles. The molecule has 4 aromatic rings. The molecule has 0 bridgehead atoms. The first-order chi connectivity index (χ1) is 18.8. The standard InChI is InChI=1S/C25H21F4N9O/c26-21-14-32-24(36-23(21)38-5-7-39-8-6-38)37-34-13-18-1-2-19(12-31-18)35-20-10-16(22-3-4-30-15-33-22)9-17(11-20)25(27,28)29/h1-4,9-12,14-15,35H,5-8,13H2. The Morgan fingerprint density at radius 1 is 0.974 bits per heavy atom. The summed E-state index contributed by atoms with van der Waals surface area (Å²) >= 11 is 0. The lowest BCUT2D eigenvalue weighted by molar-refractivity contribution is -0.137. The molecule has 1 fully saturated rings. The minimum absolute atomic E-state index is 0.0141. The molecule has 0 unspecified atom stereocenters. The van der Waals surface area contributed by atoms with E-state index in [9.17, 15) is 17.6 Å². The minimum atomic E-state index is -4.54. The zero-order valence-electron chi connectivity index (χ0n) is 20.3. The highest BCUT2D eigenvalue weighted by molar-refractivity contribution is 5.70. The number of benzene rings is 1. The van der Waals surface area contributed by atoms with Crippen molar-refractivity contribution in [3.8, 4) is 11.3 Å². The molecule has 0 atom stereocenters. The maximum Gasteiger partial charge on any atom is 0.416 e. The lowest BCUT2D eigenvalue weighted by Gasteiger charge is -2.27. The van der Waals surface area contributed by atoms with Crippen LogP contribution in [0.1, 0.15) is 11.3 Å². The van der Waals surface area contributed by atoms with E-state index in [1.165, 1.54) is 24.8 Å². The normalized spacial score (nSPS) is 14.1. The summed E-state index contributed by atoms with van der Waals surface area (Å²) in [6.45, 7) is 2.07. The Labute approximate surface area is 219 Å². The number of alkyl halides is 3. The number of pyridine rings is 1. The van der Waals surface area contributed by atoms with E-state index in [0.717, 1.165) is 18.3 Å². The fraction of sp³-hybridized carbons (Fsp3) is 0.240. The van der Waals surface area contributed by atoms with Crippen molar-refractivity contribution in [3.63, 3.8) is 0 Å². The second-order valence-corrected chi connectivity index (χ2v) is 8.40. The van der Waals surface area contributed by atoms with Crippen LogP contribution in [0.2, 0.25) is 0 Å². The number of hydrogen-bond acceptors (Lipinski definition) is 10. The van der Waals surface area contributed by atoms with Gasteiger partial charge in [0.2, 0.25) is 0 Å². The molecule has 14 heteroatoms. The number of hydrogen-bond donors (Lipinski definition) is 1. The highest BCUT2D eigenvalue weighted by Gasteiger charge is 2.31. The van der Waals surface area contributed by atoms with Gasteiger partial charge in [-0.15, -0.1) is 5.11 Å². The molecule has 5 rings (SSSR count). The lowest BCUT2D eigenvalue weighted by atomic mass is 10.1. The highest BCUT2D eigenvalue weighted by atomic mass is 19.4. The second-order valence-electron chi connectivity index (χ2n) is 8.40. The minimum Gasteiger partial charge on any atom is -0.378 e. The molecule has 1 aliphatic heterocycles. The first-order valence-corrected chi connectivity index (χ1v) is 11.8. The molecular weight excluding hydrogens is 518 g/mol. The smallest absolute Gasteiger partial charge is 0.378 e. The number of morpholine rings is 1. The van der Waals surface area contributed by atoms with Gasteiger partial charge in [-0.1, -0.05) is 0 Å². The number of aromatic nitrogens is 5. The largest absolute Gasteiger partial charge is 0.416 e. The summed E-state index contributed by atoms with van der Waals surface area (Å²) < 4.78 is 60.0. The van der Waals surface area contributed by atoms with Gasteiger partial charge in [-0.05, 0) is 36.4 Å². The van der Waals surface area contributed by atoms with Gasteiger partial charge in [0.05, 0.1) is 48.2 Å². The summed E-state index contributed by atoms with van der Waals surface area (Å²) in [5.41, 5.74) is 1.08. The summed E-state index contributed by atoms with van der Waals surface area (Å²) in [7, 11) is 0. The van der Waals surface area contributed by atoms with Crippen LogP contribution in [-0.4, -0.2) is 51.2 Å². The molecule has 1 aromatic carbocycles. The zero-order chi connectivity index (χ0) is 27.2. The maximum absolute atomic E-state index is 14.2. The Morgan fingerprint density at radius 3 is 2.54 bits per heavy atom. The summed E-state index contributed by atoms with van der Waals surface area (Å²) in [6.07, 6.45) is 0.716. The van der Waals surface area contributed by atoms with Crippen molar-refractivity contribution in [2.24, 2.45) is 10.2 Å². The van der Waals surface area contributed by atoms with Crippen LogP contribution in [0.4, 0.5) is 40.7 Å². The predicted molar refractivity (Wildman–Crippen MR) is 133 cm³/mol. The Balaban J connectivity index is 1.26. The quantitative estimate of drug-likeness (QED) is 0.247. The average Bonchev–Trinajstić information content (AvgIpc) is 2.95. The van der Waals surface area contributed by atoms with Crippen LogP contribution < -0.4 is 10.2 Å². The van der Waals surface area contributed by atoms with E-state index < -0.39 is 17.6 Å². The van der Waals surface area contributed by atoms with Gasteiger partial charge >= 0.3 is 6.18 Å². The van der Waals surface area contributed by atoms with E-state index in [0.29, 0.717) is 48.9 Å². The first-order valence-electron chi connectivity index (χ1n) is 11.8. The number of nitrogens with one attached hydrogen (secondary N) is 1. The third-order valence-corrected chi connectivity index (χ3v) is 5.67. The van der Waals surface area contributed by atoms with Crippen molar-refractivity contribution < 1.29 is 22.3 Å². The summed E-state index contributed by atoms with van der Waals surface area (Å²) in [5.74, 6) is -0.390. The lowest BCUT2D eigenvalue weighted by Crippen LogP contribution is -2.37. The number of azo groups is 1. The van der Waals surface area contributed by atoms with Gasteiger partial charge in [-0.3, -0.25) is 4.98 Å². The molecule has 4 heterocycles. The second kappa shape index (κ2) is 11.4. The molecule has 3 aromatic heterocycles. The first kappa shape index (κ1) is 26.0. The van der Waals surface area contributed by atoms with Crippen molar-refractivity contribution >= 4 is 23.1 Å². The van der Waals surface area contributed by atoms with Crippen LogP contribution in [0.25, 0.3) is 11.3 Å². The Kier molecular flexibility index (Phi) is 7.63. The molecule has 0 radical (unpaired) electrons. The SMILES string of the molecule is Fc1cnc(N=NCc2ccc(Nc3cc(-c4ccncn4)cc(C(F)(F)F)c3)cn2)nc1N1CCOCC1. The molecule has 0 amide bonds. The average molecular weight is 539 g/mol. The number of rotatable bonds is 7. The van der Waals surface area contributed by atoms with E-state index >= 15 is 0 Å². The van der Waals surface area contributed by atoms with Crippen molar-refractivity contribution in [3.05, 3.63) is 78.4 Å². The molecule has 0 saturated carbocycles. The van der Waals surface area contributed by atoms with Gasteiger partial charge in [-0.25, -0.2) is 19.3 Å². The molecule has 10 nitrogen and oxygen atoms in total. The van der Waals surface area contributed by atoms with E-state index in [4.69, 9.17) is 4.74 Å². The highest BCUT2D eigenvalue weighted by Crippen LogP contribution is 2.35. The Morgan fingerprint density at radius 2 is 1.82 bits per heavy atom. The van der Waals surface area contributed by atoms with E-state index in [-0.39, 0.29) is 24.0 Å². The van der Waals surface area contributed by atoms with Crippen molar-refractivity contribution in [1.82, 2.24) is 24.9 Å². The molecule has 0 spiro atoms. The van der Waals surface area contributed by atoms with Gasteiger partial charge < -0.3 is 15.0 Å². The van der Waals surface area contributed by atoms with E-state index in [2.05, 4.69) is 40.5 Å². The van der Waals surface area contributed by atoms with Crippen LogP contribution in [-0.2, 0) is 17.5 Å². The summed E-state index contributed by atoms with van der Waals surface area (Å²) in [6, 6.07) is 8.46. The molecule has 0 aliphatic carbocycles. The van der Waals surface area contributed by atoms with Crippen molar-refractivity contribution in [1.29, 1.82) is 0 Å². The van der Waals surface area contributed by atoms with E-state index in [1.807, 2.05) is 0 Å². The predicted octanol–water partition coefficient (Wildman–Crippen LogP) is 5.35. The topological polar surface area (TPSA) is 114 Å². The van der Waals surface area contributed by atoms with Crippen LogP contribution in [0.3, 0.4) is 0 Å². The Bertz CT molecular complexity index is 1440. The van der Waals surface area contributed by atoms with Gasteiger partial charge in [0, 0.05) is 30.5 Å². The Hall–Kier alpha value is -4.59. The molecular formula is C25H21F4N9O.